The molecule has 0 aromatic heterocycles. The number of carbonyl (C=O) groups is 1. The molecule has 1 atom stereocenters. The van der Waals surface area contributed by atoms with Gasteiger partial charge in [0.15, 0.2) is 0 Å². The van der Waals surface area contributed by atoms with Crippen molar-refractivity contribution in [2.45, 2.75) is 39.0 Å². The summed E-state index contributed by atoms with van der Waals surface area (Å²) < 4.78 is 0. The van der Waals surface area contributed by atoms with Gasteiger partial charge in [-0.1, -0.05) is 54.0 Å². The second-order valence-electron chi connectivity index (χ2n) is 6.59. The fourth-order valence-electron chi connectivity index (χ4n) is 3.27. The molecule has 0 saturated heterocycles. The van der Waals surface area contributed by atoms with Crippen molar-refractivity contribution in [3.63, 3.8) is 0 Å². The molecule has 1 fully saturated rings. The Balaban J connectivity index is 1.60. The summed E-state index contributed by atoms with van der Waals surface area (Å²) in [6.07, 6.45) is 4.70. The van der Waals surface area contributed by atoms with Crippen LogP contribution in [-0.4, -0.2) is 11.8 Å². The standard InChI is InChI=1S/C21H24N2O2/c1-16-8-7-12-19(14-16)22-21(24)25-23-20-13-6-5-11-18(20)15-17-9-3-2-4-10-17/h2-4,7-10,12,14,18H,5-6,11,13,15H2,1H3,(H,22,24)/b23-20+. The Morgan fingerprint density at radius 3 is 2.80 bits per heavy atom. The van der Waals surface area contributed by atoms with Gasteiger partial charge in [-0.05, 0) is 55.9 Å². The molecule has 130 valence electrons. The largest absolute Gasteiger partial charge is 0.437 e. The Kier molecular flexibility index (Phi) is 5.83. The van der Waals surface area contributed by atoms with E-state index in [0.29, 0.717) is 5.92 Å². The Morgan fingerprint density at radius 1 is 1.16 bits per heavy atom. The predicted octanol–water partition coefficient (Wildman–Crippen LogP) is 5.33. The smallest absolute Gasteiger partial charge is 0.298 e. The molecular weight excluding hydrogens is 312 g/mol. The number of carbonyl (C=O) groups excluding carboxylic acids is 1. The normalized spacial score (nSPS) is 18.8. The van der Waals surface area contributed by atoms with Crippen LogP contribution < -0.4 is 5.32 Å². The highest BCUT2D eigenvalue weighted by Crippen LogP contribution is 2.25. The van der Waals surface area contributed by atoms with E-state index in [2.05, 4.69) is 34.7 Å². The molecule has 0 heterocycles. The zero-order valence-corrected chi connectivity index (χ0v) is 14.6. The number of anilines is 1. The summed E-state index contributed by atoms with van der Waals surface area (Å²) in [6.45, 7) is 1.98. The van der Waals surface area contributed by atoms with Crippen molar-refractivity contribution in [2.75, 3.05) is 5.32 Å². The Bertz CT molecular complexity index is 741. The fraction of sp³-hybridized carbons (Fsp3) is 0.333. The lowest BCUT2D eigenvalue weighted by Gasteiger charge is -2.23. The van der Waals surface area contributed by atoms with Gasteiger partial charge >= 0.3 is 6.09 Å². The van der Waals surface area contributed by atoms with Crippen LogP contribution in [-0.2, 0) is 11.3 Å². The minimum Gasteiger partial charge on any atom is -0.298 e. The lowest BCUT2D eigenvalue weighted by Crippen LogP contribution is -2.23. The Labute approximate surface area is 148 Å². The summed E-state index contributed by atoms with van der Waals surface area (Å²) in [5.74, 6) is 0.350. The van der Waals surface area contributed by atoms with Crippen molar-refractivity contribution < 1.29 is 9.63 Å². The van der Waals surface area contributed by atoms with Crippen LogP contribution in [0.4, 0.5) is 10.5 Å². The van der Waals surface area contributed by atoms with Crippen LogP contribution in [0.3, 0.4) is 0 Å². The molecule has 1 aliphatic carbocycles. The SMILES string of the molecule is Cc1cccc(NC(=O)O/N=C2\CCCCC2Cc2ccccc2)c1. The third kappa shape index (κ3) is 5.18. The van der Waals surface area contributed by atoms with Crippen LogP contribution in [0, 0.1) is 12.8 Å². The van der Waals surface area contributed by atoms with Gasteiger partial charge in [-0.15, -0.1) is 0 Å². The number of rotatable bonds is 4. The summed E-state index contributed by atoms with van der Waals surface area (Å²) in [5, 5.41) is 6.90. The second kappa shape index (κ2) is 8.47. The fourth-order valence-corrected chi connectivity index (χ4v) is 3.27. The van der Waals surface area contributed by atoms with Crippen LogP contribution in [0.25, 0.3) is 0 Å². The van der Waals surface area contributed by atoms with E-state index in [-0.39, 0.29) is 0 Å². The molecule has 0 bridgehead atoms. The van der Waals surface area contributed by atoms with Gasteiger partial charge in [0, 0.05) is 11.6 Å². The lowest BCUT2D eigenvalue weighted by molar-refractivity contribution is 0.165. The number of hydrogen-bond acceptors (Lipinski definition) is 3. The van der Waals surface area contributed by atoms with E-state index in [1.165, 1.54) is 12.0 Å². The molecule has 2 aromatic carbocycles. The minimum atomic E-state index is -0.540. The predicted molar refractivity (Wildman–Crippen MR) is 101 cm³/mol. The number of hydrogen-bond donors (Lipinski definition) is 1. The van der Waals surface area contributed by atoms with E-state index in [4.69, 9.17) is 4.84 Å². The van der Waals surface area contributed by atoms with Gasteiger partial charge in [0.2, 0.25) is 0 Å². The van der Waals surface area contributed by atoms with Crippen LogP contribution in [0.5, 0.6) is 0 Å². The molecule has 1 unspecified atom stereocenters. The number of nitrogens with zero attached hydrogens (tertiary/aromatic N) is 1. The van der Waals surface area contributed by atoms with Gasteiger partial charge in [0.25, 0.3) is 0 Å². The van der Waals surface area contributed by atoms with Gasteiger partial charge in [0.05, 0.1) is 5.71 Å². The Morgan fingerprint density at radius 2 is 2.00 bits per heavy atom. The molecule has 0 aliphatic heterocycles. The Hall–Kier alpha value is -2.62. The summed E-state index contributed by atoms with van der Waals surface area (Å²) >= 11 is 0. The number of nitrogens with one attached hydrogen (secondary N) is 1. The first-order chi connectivity index (χ1) is 12.2. The molecule has 4 nitrogen and oxygen atoms in total. The van der Waals surface area contributed by atoms with Crippen molar-refractivity contribution in [3.8, 4) is 0 Å². The molecule has 1 aliphatic rings. The van der Waals surface area contributed by atoms with E-state index < -0.39 is 6.09 Å². The minimum absolute atomic E-state index is 0.350. The molecule has 4 heteroatoms. The van der Waals surface area contributed by atoms with Crippen LogP contribution in [0.2, 0.25) is 0 Å². The average molecular weight is 336 g/mol. The van der Waals surface area contributed by atoms with Crippen molar-refractivity contribution in [1.82, 2.24) is 0 Å². The van der Waals surface area contributed by atoms with Gasteiger partial charge in [-0.3, -0.25) is 10.2 Å². The zero-order chi connectivity index (χ0) is 17.5. The maximum Gasteiger partial charge on any atom is 0.437 e. The molecule has 25 heavy (non-hydrogen) atoms. The molecule has 1 N–H and O–H groups in total. The van der Waals surface area contributed by atoms with Crippen LogP contribution in [0.1, 0.15) is 36.8 Å². The van der Waals surface area contributed by atoms with Crippen molar-refractivity contribution >= 4 is 17.5 Å². The first kappa shape index (κ1) is 17.2. The van der Waals surface area contributed by atoms with Crippen molar-refractivity contribution in [3.05, 3.63) is 65.7 Å². The topological polar surface area (TPSA) is 50.7 Å². The highest BCUT2D eigenvalue weighted by Gasteiger charge is 2.22. The number of amides is 1. The van der Waals surface area contributed by atoms with Gasteiger partial charge in [-0.2, -0.15) is 0 Å². The van der Waals surface area contributed by atoms with E-state index in [0.717, 1.165) is 42.6 Å². The van der Waals surface area contributed by atoms with Crippen molar-refractivity contribution in [1.29, 1.82) is 0 Å². The summed E-state index contributed by atoms with van der Waals surface area (Å²) in [4.78, 5) is 17.1. The molecule has 1 amide bonds. The van der Waals surface area contributed by atoms with Crippen LogP contribution >= 0.6 is 0 Å². The van der Waals surface area contributed by atoms with E-state index >= 15 is 0 Å². The number of oxime groups is 1. The zero-order valence-electron chi connectivity index (χ0n) is 14.6. The number of aryl methyl sites for hydroxylation is 1. The van der Waals surface area contributed by atoms with Crippen LogP contribution in [0.15, 0.2) is 59.8 Å². The third-order valence-corrected chi connectivity index (χ3v) is 4.54. The number of benzene rings is 2. The van der Waals surface area contributed by atoms with Gasteiger partial charge in [0.1, 0.15) is 0 Å². The van der Waals surface area contributed by atoms with Gasteiger partial charge < -0.3 is 0 Å². The monoisotopic (exact) mass is 336 g/mol. The maximum atomic E-state index is 12.0. The van der Waals surface area contributed by atoms with E-state index in [1.807, 2.05) is 37.3 Å². The van der Waals surface area contributed by atoms with Gasteiger partial charge in [-0.25, -0.2) is 4.79 Å². The average Bonchev–Trinajstić information content (AvgIpc) is 2.62. The molecule has 2 aromatic rings. The van der Waals surface area contributed by atoms with E-state index in [9.17, 15) is 4.79 Å². The first-order valence-electron chi connectivity index (χ1n) is 8.86. The second-order valence-corrected chi connectivity index (χ2v) is 6.59. The molecular formula is C21H24N2O2. The summed E-state index contributed by atoms with van der Waals surface area (Å²) in [6, 6.07) is 18.0. The summed E-state index contributed by atoms with van der Waals surface area (Å²) in [7, 11) is 0. The quantitative estimate of drug-likeness (QED) is 0.606. The maximum absolute atomic E-state index is 12.0. The lowest BCUT2D eigenvalue weighted by atomic mass is 9.83. The molecule has 3 rings (SSSR count). The highest BCUT2D eigenvalue weighted by atomic mass is 16.7. The first-order valence-corrected chi connectivity index (χ1v) is 8.86. The summed E-state index contributed by atoms with van der Waals surface area (Å²) in [5.41, 5.74) is 4.09. The molecule has 1 saturated carbocycles. The molecule has 0 radical (unpaired) electrons. The highest BCUT2D eigenvalue weighted by molar-refractivity contribution is 5.89. The van der Waals surface area contributed by atoms with E-state index in [1.54, 1.807) is 0 Å². The molecule has 0 spiro atoms. The third-order valence-electron chi connectivity index (χ3n) is 4.54. The van der Waals surface area contributed by atoms with Crippen molar-refractivity contribution in [2.24, 2.45) is 11.1 Å².